The van der Waals surface area contributed by atoms with E-state index in [1.54, 1.807) is 23.9 Å². The Morgan fingerprint density at radius 1 is 0.960 bits per heavy atom. The highest BCUT2D eigenvalue weighted by Crippen LogP contribution is 2.41. The number of rotatable bonds is 3. The van der Waals surface area contributed by atoms with Crippen molar-refractivity contribution >= 4 is 0 Å². The van der Waals surface area contributed by atoms with Crippen LogP contribution >= 0.6 is 0 Å². The van der Waals surface area contributed by atoms with Gasteiger partial charge in [0.2, 0.25) is 6.29 Å². The Balaban J connectivity index is 1.78. The molecule has 0 saturated carbocycles. The quantitative estimate of drug-likeness (QED) is 0.842. The SMILES string of the molecule is Cn1ccc(C(C)(C)CC2Oc3ccc(C(C)(C)C)cc3O2)cc1=O. The van der Waals surface area contributed by atoms with E-state index in [0.29, 0.717) is 6.42 Å². The van der Waals surface area contributed by atoms with Gasteiger partial charge >= 0.3 is 0 Å². The third-order valence-electron chi connectivity index (χ3n) is 4.89. The van der Waals surface area contributed by atoms with Crippen LogP contribution in [0, 0.1) is 0 Å². The largest absolute Gasteiger partial charge is 0.451 e. The van der Waals surface area contributed by atoms with Gasteiger partial charge < -0.3 is 14.0 Å². The first-order valence-corrected chi connectivity index (χ1v) is 8.71. The summed E-state index contributed by atoms with van der Waals surface area (Å²) in [5, 5.41) is 0. The van der Waals surface area contributed by atoms with Gasteiger partial charge in [-0.05, 0) is 40.2 Å². The first-order chi connectivity index (χ1) is 11.6. The van der Waals surface area contributed by atoms with Crippen molar-refractivity contribution in [3.8, 4) is 11.5 Å². The average molecular weight is 341 g/mol. The number of fused-ring (bicyclic) bond motifs is 1. The summed E-state index contributed by atoms with van der Waals surface area (Å²) in [6.45, 7) is 10.8. The van der Waals surface area contributed by atoms with E-state index in [1.807, 2.05) is 12.1 Å². The molecule has 0 aliphatic carbocycles. The molecule has 25 heavy (non-hydrogen) atoms. The van der Waals surface area contributed by atoms with Crippen molar-refractivity contribution in [2.75, 3.05) is 0 Å². The molecule has 2 aromatic rings. The van der Waals surface area contributed by atoms with Crippen LogP contribution in [-0.4, -0.2) is 10.9 Å². The number of hydrogen-bond acceptors (Lipinski definition) is 3. The fraction of sp³-hybridized carbons (Fsp3) is 0.476. The summed E-state index contributed by atoms with van der Waals surface area (Å²) in [7, 11) is 1.76. The normalized spacial score (nSPS) is 17.0. The van der Waals surface area contributed by atoms with Gasteiger partial charge in [-0.25, -0.2) is 0 Å². The van der Waals surface area contributed by atoms with Crippen molar-refractivity contribution in [2.24, 2.45) is 7.05 Å². The molecule has 1 aromatic carbocycles. The van der Waals surface area contributed by atoms with Crippen molar-refractivity contribution in [3.05, 3.63) is 58.0 Å². The summed E-state index contributed by atoms with van der Waals surface area (Å²) in [5.41, 5.74) is 2.06. The Hall–Kier alpha value is -2.23. The number of ether oxygens (including phenoxy) is 2. The van der Waals surface area contributed by atoms with E-state index in [0.717, 1.165) is 17.1 Å². The number of aryl methyl sites for hydroxylation is 1. The molecule has 4 nitrogen and oxygen atoms in total. The molecule has 0 bridgehead atoms. The van der Waals surface area contributed by atoms with Crippen LogP contribution in [0.2, 0.25) is 0 Å². The molecule has 1 atom stereocenters. The number of benzene rings is 1. The molecule has 1 aliphatic heterocycles. The summed E-state index contributed by atoms with van der Waals surface area (Å²) < 4.78 is 13.6. The van der Waals surface area contributed by atoms with E-state index in [1.165, 1.54) is 5.56 Å². The van der Waals surface area contributed by atoms with Crippen LogP contribution in [0.1, 0.15) is 52.2 Å². The summed E-state index contributed by atoms with van der Waals surface area (Å²) in [6.07, 6.45) is 2.13. The van der Waals surface area contributed by atoms with Crippen molar-refractivity contribution in [1.82, 2.24) is 4.57 Å². The van der Waals surface area contributed by atoms with Crippen LogP contribution in [-0.2, 0) is 17.9 Å². The topological polar surface area (TPSA) is 40.5 Å². The van der Waals surface area contributed by atoms with Crippen LogP contribution in [0.4, 0.5) is 0 Å². The fourth-order valence-electron chi connectivity index (χ4n) is 3.06. The Kier molecular flexibility index (Phi) is 4.18. The first kappa shape index (κ1) is 17.6. The lowest BCUT2D eigenvalue weighted by atomic mass is 9.82. The summed E-state index contributed by atoms with van der Waals surface area (Å²) in [4.78, 5) is 11.9. The van der Waals surface area contributed by atoms with Gasteiger partial charge in [-0.3, -0.25) is 4.79 Å². The molecule has 1 unspecified atom stereocenters. The number of hydrogen-bond donors (Lipinski definition) is 0. The van der Waals surface area contributed by atoms with Crippen LogP contribution < -0.4 is 15.0 Å². The van der Waals surface area contributed by atoms with Gasteiger partial charge in [0.15, 0.2) is 11.5 Å². The van der Waals surface area contributed by atoms with Crippen LogP contribution in [0.25, 0.3) is 0 Å². The molecule has 0 N–H and O–H groups in total. The smallest absolute Gasteiger partial charge is 0.250 e. The lowest BCUT2D eigenvalue weighted by Crippen LogP contribution is -2.31. The molecular weight excluding hydrogens is 314 g/mol. The van der Waals surface area contributed by atoms with Gasteiger partial charge in [0.1, 0.15) is 0 Å². The minimum absolute atomic E-state index is 0.00283. The monoisotopic (exact) mass is 341 g/mol. The molecule has 134 valence electrons. The van der Waals surface area contributed by atoms with E-state index in [2.05, 4.69) is 46.8 Å². The summed E-state index contributed by atoms with van der Waals surface area (Å²) in [5.74, 6) is 1.59. The van der Waals surface area contributed by atoms with Crippen LogP contribution in [0.5, 0.6) is 11.5 Å². The maximum atomic E-state index is 11.9. The standard InChI is InChI=1S/C21H27NO3/c1-20(2,3)14-7-8-16-17(11-14)25-19(24-16)13-21(4,5)15-9-10-22(6)18(23)12-15/h7-12,19H,13H2,1-6H3. The van der Waals surface area contributed by atoms with E-state index < -0.39 is 0 Å². The number of nitrogens with zero attached hydrogens (tertiary/aromatic N) is 1. The predicted octanol–water partition coefficient (Wildman–Crippen LogP) is 4.15. The first-order valence-electron chi connectivity index (χ1n) is 8.71. The maximum absolute atomic E-state index is 11.9. The van der Waals surface area contributed by atoms with E-state index in [4.69, 9.17) is 9.47 Å². The van der Waals surface area contributed by atoms with Gasteiger partial charge in [-0.15, -0.1) is 0 Å². The number of aromatic nitrogens is 1. The molecule has 4 heteroatoms. The average Bonchev–Trinajstić information content (AvgIpc) is 2.89. The second-order valence-electron chi connectivity index (χ2n) is 8.53. The van der Waals surface area contributed by atoms with Crippen LogP contribution in [0.15, 0.2) is 41.3 Å². The molecule has 3 rings (SSSR count). The highest BCUT2D eigenvalue weighted by molar-refractivity contribution is 5.46. The van der Waals surface area contributed by atoms with Crippen molar-refractivity contribution in [1.29, 1.82) is 0 Å². The minimum atomic E-state index is -0.343. The number of pyridine rings is 1. The predicted molar refractivity (Wildman–Crippen MR) is 99.5 cm³/mol. The molecule has 0 amide bonds. The molecule has 0 fully saturated rings. The molecule has 0 saturated heterocycles. The van der Waals surface area contributed by atoms with Gasteiger partial charge in [0.05, 0.1) is 0 Å². The molecule has 2 heterocycles. The molecule has 1 aromatic heterocycles. The summed E-state index contributed by atoms with van der Waals surface area (Å²) in [6, 6.07) is 9.83. The third-order valence-corrected chi connectivity index (χ3v) is 4.89. The molecular formula is C21H27NO3. The Labute approximate surface area is 149 Å². The van der Waals surface area contributed by atoms with Gasteiger partial charge in [-0.1, -0.05) is 40.7 Å². The third kappa shape index (κ3) is 3.58. The minimum Gasteiger partial charge on any atom is -0.451 e. The van der Waals surface area contributed by atoms with Crippen molar-refractivity contribution < 1.29 is 9.47 Å². The molecule has 0 spiro atoms. The Morgan fingerprint density at radius 2 is 1.64 bits per heavy atom. The van der Waals surface area contributed by atoms with Gasteiger partial charge in [-0.2, -0.15) is 0 Å². The second kappa shape index (κ2) is 5.94. The Bertz CT molecular complexity index is 843. The molecule has 1 aliphatic rings. The fourth-order valence-corrected chi connectivity index (χ4v) is 3.06. The van der Waals surface area contributed by atoms with E-state index in [-0.39, 0.29) is 22.7 Å². The summed E-state index contributed by atoms with van der Waals surface area (Å²) >= 11 is 0. The lowest BCUT2D eigenvalue weighted by Gasteiger charge is -2.27. The highest BCUT2D eigenvalue weighted by atomic mass is 16.7. The lowest BCUT2D eigenvalue weighted by molar-refractivity contribution is 0.0248. The zero-order valence-electron chi connectivity index (χ0n) is 15.9. The van der Waals surface area contributed by atoms with Gasteiger partial charge in [0.25, 0.3) is 5.56 Å². The van der Waals surface area contributed by atoms with Gasteiger partial charge in [0, 0.05) is 25.7 Å². The maximum Gasteiger partial charge on any atom is 0.250 e. The van der Waals surface area contributed by atoms with E-state index >= 15 is 0 Å². The zero-order valence-corrected chi connectivity index (χ0v) is 15.9. The Morgan fingerprint density at radius 3 is 2.28 bits per heavy atom. The van der Waals surface area contributed by atoms with E-state index in [9.17, 15) is 4.79 Å². The van der Waals surface area contributed by atoms with Crippen molar-refractivity contribution in [3.63, 3.8) is 0 Å². The molecule has 0 radical (unpaired) electrons. The van der Waals surface area contributed by atoms with Crippen molar-refractivity contribution in [2.45, 2.75) is 58.2 Å². The zero-order chi connectivity index (χ0) is 18.4. The van der Waals surface area contributed by atoms with Crippen LogP contribution in [0.3, 0.4) is 0 Å². The highest BCUT2D eigenvalue weighted by Gasteiger charge is 2.33. The second-order valence-corrected chi connectivity index (χ2v) is 8.53.